The maximum absolute atomic E-state index is 13.4. The second-order valence-electron chi connectivity index (χ2n) is 7.43. The lowest BCUT2D eigenvalue weighted by Gasteiger charge is -2.13. The Morgan fingerprint density at radius 3 is 2.68 bits per heavy atom. The highest BCUT2D eigenvalue weighted by molar-refractivity contribution is 7.98. The molecule has 6 nitrogen and oxygen atoms in total. The van der Waals surface area contributed by atoms with Gasteiger partial charge in [-0.15, -0.1) is 10.2 Å². The van der Waals surface area contributed by atoms with Gasteiger partial charge in [-0.2, -0.15) is 0 Å². The second kappa shape index (κ2) is 10.9. The van der Waals surface area contributed by atoms with Gasteiger partial charge in [0.25, 0.3) is 0 Å². The molecule has 4 rings (SSSR count). The van der Waals surface area contributed by atoms with Crippen molar-refractivity contribution in [1.82, 2.24) is 20.1 Å². The lowest BCUT2D eigenvalue weighted by atomic mass is 10.2. The van der Waals surface area contributed by atoms with E-state index in [9.17, 15) is 9.18 Å². The first-order valence-corrected chi connectivity index (χ1v) is 12.0. The number of nitrogens with zero attached hydrogens (tertiary/aromatic N) is 3. The van der Waals surface area contributed by atoms with E-state index in [-0.39, 0.29) is 6.54 Å². The van der Waals surface area contributed by atoms with Crippen LogP contribution in [0.2, 0.25) is 10.0 Å². The molecule has 3 aromatic carbocycles. The molecule has 10 heteroatoms. The summed E-state index contributed by atoms with van der Waals surface area (Å²) in [5.41, 5.74) is 3.26. The lowest BCUT2D eigenvalue weighted by Crippen LogP contribution is -2.29. The van der Waals surface area contributed by atoms with Gasteiger partial charge < -0.3 is 10.6 Å². The second-order valence-corrected chi connectivity index (χ2v) is 9.21. The van der Waals surface area contributed by atoms with Gasteiger partial charge in [-0.1, -0.05) is 70.9 Å². The van der Waals surface area contributed by atoms with Crippen LogP contribution in [-0.2, 0) is 12.3 Å². The highest BCUT2D eigenvalue weighted by atomic mass is 35.5. The average molecular weight is 516 g/mol. The summed E-state index contributed by atoms with van der Waals surface area (Å²) in [5.74, 6) is 0.694. The van der Waals surface area contributed by atoms with Gasteiger partial charge in [-0.05, 0) is 48.9 Å². The number of carbonyl (C=O) groups is 1. The Hall–Kier alpha value is -3.07. The molecule has 0 atom stereocenters. The number of anilines is 1. The Labute approximate surface area is 210 Å². The number of aryl methyl sites for hydroxylation is 1. The Balaban J connectivity index is 1.56. The van der Waals surface area contributed by atoms with E-state index >= 15 is 0 Å². The smallest absolute Gasteiger partial charge is 0.319 e. The third-order valence-corrected chi connectivity index (χ3v) is 6.34. The summed E-state index contributed by atoms with van der Waals surface area (Å²) in [5, 5.41) is 15.5. The average Bonchev–Trinajstić information content (AvgIpc) is 3.20. The monoisotopic (exact) mass is 515 g/mol. The van der Waals surface area contributed by atoms with Crippen LogP contribution in [0.15, 0.2) is 71.9 Å². The molecule has 0 saturated carbocycles. The number of thioether (sulfide) groups is 1. The third-order valence-electron chi connectivity index (χ3n) is 4.79. The van der Waals surface area contributed by atoms with E-state index in [1.165, 1.54) is 35.5 Å². The van der Waals surface area contributed by atoms with Crippen LogP contribution in [0, 0.1) is 12.7 Å². The molecule has 0 aliphatic carbocycles. The van der Waals surface area contributed by atoms with Crippen LogP contribution < -0.4 is 10.6 Å². The number of urea groups is 1. The number of carbonyl (C=O) groups excluding carboxylic acids is 1. The van der Waals surface area contributed by atoms with E-state index in [1.54, 1.807) is 28.8 Å². The van der Waals surface area contributed by atoms with Crippen molar-refractivity contribution >= 4 is 46.7 Å². The van der Waals surface area contributed by atoms with Crippen molar-refractivity contribution in [3.8, 4) is 5.69 Å². The quantitative estimate of drug-likeness (QED) is 0.270. The lowest BCUT2D eigenvalue weighted by molar-refractivity contribution is 0.251. The van der Waals surface area contributed by atoms with E-state index < -0.39 is 11.8 Å². The van der Waals surface area contributed by atoms with Gasteiger partial charge in [0.05, 0.1) is 17.3 Å². The number of nitrogens with one attached hydrogen (secondary N) is 2. The fraction of sp³-hybridized carbons (Fsp3) is 0.125. The molecule has 0 saturated heterocycles. The standard InChI is InChI=1S/C24H20Cl2FN5OS/c1-15-4-2-5-16(10-15)14-34-24-31-30-22(32(24)21-11-17(25)8-9-20(21)26)13-28-23(33)29-19-7-3-6-18(27)12-19/h2-12H,13-14H2,1H3,(H2,28,29,33). The van der Waals surface area contributed by atoms with Crippen molar-refractivity contribution in [2.75, 3.05) is 5.32 Å². The molecule has 0 spiro atoms. The summed E-state index contributed by atoms with van der Waals surface area (Å²) >= 11 is 14.2. The van der Waals surface area contributed by atoms with Crippen LogP contribution >= 0.6 is 35.0 Å². The number of aromatic nitrogens is 3. The zero-order valence-corrected chi connectivity index (χ0v) is 20.4. The molecule has 4 aromatic rings. The number of benzene rings is 3. The fourth-order valence-electron chi connectivity index (χ4n) is 3.26. The molecule has 0 aliphatic heterocycles. The van der Waals surface area contributed by atoms with Crippen molar-refractivity contribution in [1.29, 1.82) is 0 Å². The van der Waals surface area contributed by atoms with Gasteiger partial charge in [0.15, 0.2) is 11.0 Å². The minimum absolute atomic E-state index is 0.0575. The molecule has 0 bridgehead atoms. The van der Waals surface area contributed by atoms with Crippen molar-refractivity contribution in [2.24, 2.45) is 0 Å². The number of amides is 2. The van der Waals surface area contributed by atoms with E-state index in [4.69, 9.17) is 23.2 Å². The predicted molar refractivity (Wildman–Crippen MR) is 134 cm³/mol. The molecule has 1 heterocycles. The van der Waals surface area contributed by atoms with Crippen molar-refractivity contribution in [3.63, 3.8) is 0 Å². The van der Waals surface area contributed by atoms with Gasteiger partial charge >= 0.3 is 6.03 Å². The van der Waals surface area contributed by atoms with Crippen molar-refractivity contribution in [2.45, 2.75) is 24.4 Å². The number of hydrogen-bond acceptors (Lipinski definition) is 4. The summed E-state index contributed by atoms with van der Waals surface area (Å²) in [6.07, 6.45) is 0. The Morgan fingerprint density at radius 1 is 1.06 bits per heavy atom. The molecule has 174 valence electrons. The van der Waals surface area contributed by atoms with Crippen molar-refractivity contribution in [3.05, 3.63) is 99.5 Å². The summed E-state index contributed by atoms with van der Waals surface area (Å²) in [6.45, 7) is 2.10. The van der Waals surface area contributed by atoms with Crippen LogP contribution in [0.4, 0.5) is 14.9 Å². The van der Waals surface area contributed by atoms with Gasteiger partial charge in [0, 0.05) is 16.5 Å². The largest absolute Gasteiger partial charge is 0.331 e. The minimum atomic E-state index is -0.508. The van der Waals surface area contributed by atoms with E-state index in [0.717, 1.165) is 5.56 Å². The molecule has 0 radical (unpaired) electrons. The van der Waals surface area contributed by atoms with Crippen LogP contribution in [0.1, 0.15) is 17.0 Å². The van der Waals surface area contributed by atoms with Gasteiger partial charge in [-0.3, -0.25) is 4.57 Å². The molecule has 0 unspecified atom stereocenters. The topological polar surface area (TPSA) is 71.8 Å². The third kappa shape index (κ3) is 6.08. The summed E-state index contributed by atoms with van der Waals surface area (Å²) in [6, 6.07) is 18.5. The summed E-state index contributed by atoms with van der Waals surface area (Å²) in [7, 11) is 0. The molecular weight excluding hydrogens is 496 g/mol. The van der Waals surface area contributed by atoms with Crippen LogP contribution in [0.3, 0.4) is 0 Å². The van der Waals surface area contributed by atoms with Crippen LogP contribution in [0.5, 0.6) is 0 Å². The Bertz CT molecular complexity index is 1330. The van der Waals surface area contributed by atoms with E-state index in [2.05, 4.69) is 26.9 Å². The Kier molecular flexibility index (Phi) is 7.72. The molecule has 2 amide bonds. The molecule has 0 aliphatic rings. The van der Waals surface area contributed by atoms with Gasteiger partial charge in [0.2, 0.25) is 0 Å². The van der Waals surface area contributed by atoms with E-state index in [1.807, 2.05) is 25.1 Å². The molecule has 2 N–H and O–H groups in total. The molecular formula is C24H20Cl2FN5OS. The first-order chi connectivity index (χ1) is 16.4. The zero-order chi connectivity index (χ0) is 24.1. The van der Waals surface area contributed by atoms with Crippen LogP contribution in [-0.4, -0.2) is 20.8 Å². The highest BCUT2D eigenvalue weighted by Gasteiger charge is 2.18. The molecule has 1 aromatic heterocycles. The minimum Gasteiger partial charge on any atom is -0.331 e. The SMILES string of the molecule is Cc1cccc(CSc2nnc(CNC(=O)Nc3cccc(F)c3)n2-c2cc(Cl)ccc2Cl)c1. The number of halogens is 3. The summed E-state index contributed by atoms with van der Waals surface area (Å²) < 4.78 is 15.2. The first-order valence-electron chi connectivity index (χ1n) is 10.3. The number of hydrogen-bond donors (Lipinski definition) is 2. The van der Waals surface area contributed by atoms with Crippen molar-refractivity contribution < 1.29 is 9.18 Å². The maximum Gasteiger partial charge on any atom is 0.319 e. The van der Waals surface area contributed by atoms with Crippen LogP contribution in [0.25, 0.3) is 5.69 Å². The van der Waals surface area contributed by atoms with Gasteiger partial charge in [0.1, 0.15) is 5.82 Å². The Morgan fingerprint density at radius 2 is 1.88 bits per heavy atom. The zero-order valence-electron chi connectivity index (χ0n) is 18.1. The van der Waals surface area contributed by atoms with E-state index in [0.29, 0.717) is 38.2 Å². The predicted octanol–water partition coefficient (Wildman–Crippen LogP) is 6.64. The first kappa shape index (κ1) is 24.1. The molecule has 34 heavy (non-hydrogen) atoms. The highest BCUT2D eigenvalue weighted by Crippen LogP contribution is 2.31. The summed E-state index contributed by atoms with van der Waals surface area (Å²) in [4.78, 5) is 12.4. The molecule has 0 fully saturated rings. The number of rotatable bonds is 7. The van der Waals surface area contributed by atoms with Gasteiger partial charge in [-0.25, -0.2) is 9.18 Å². The normalized spacial score (nSPS) is 10.8. The fourth-order valence-corrected chi connectivity index (χ4v) is 4.53. The maximum atomic E-state index is 13.4.